The minimum Gasteiger partial charge on any atom is -0.356 e. The van der Waals surface area contributed by atoms with Gasteiger partial charge in [-0.2, -0.15) is 0 Å². The molecule has 5 heteroatoms. The Labute approximate surface area is 126 Å². The summed E-state index contributed by atoms with van der Waals surface area (Å²) >= 11 is 3.45. The molecule has 2 amide bonds. The lowest BCUT2D eigenvalue weighted by atomic mass is 10.1. The van der Waals surface area contributed by atoms with Gasteiger partial charge in [0.1, 0.15) is 0 Å². The van der Waals surface area contributed by atoms with Gasteiger partial charge in [-0.3, -0.25) is 9.59 Å². The lowest BCUT2D eigenvalue weighted by Gasteiger charge is -2.18. The lowest BCUT2D eigenvalue weighted by Crippen LogP contribution is -2.34. The van der Waals surface area contributed by atoms with E-state index >= 15 is 0 Å². The van der Waals surface area contributed by atoms with Crippen molar-refractivity contribution in [2.75, 3.05) is 18.0 Å². The van der Waals surface area contributed by atoms with Crippen molar-refractivity contribution in [2.24, 2.45) is 11.8 Å². The van der Waals surface area contributed by atoms with Gasteiger partial charge in [-0.1, -0.05) is 12.1 Å². The van der Waals surface area contributed by atoms with Gasteiger partial charge in [0.15, 0.2) is 0 Å². The molecule has 0 spiro atoms. The standard InChI is InChI=1S/C15H17BrN2O2/c16-12-3-1-2-4-13(12)18-9-11(7-14(18)19)15(20)17-8-10-5-6-10/h1-4,10-11H,5-9H2,(H,17,20). The largest absolute Gasteiger partial charge is 0.356 e. The molecular weight excluding hydrogens is 320 g/mol. The molecule has 20 heavy (non-hydrogen) atoms. The van der Waals surface area contributed by atoms with E-state index < -0.39 is 0 Å². The van der Waals surface area contributed by atoms with E-state index in [2.05, 4.69) is 21.2 Å². The van der Waals surface area contributed by atoms with Gasteiger partial charge in [-0.05, 0) is 46.8 Å². The summed E-state index contributed by atoms with van der Waals surface area (Å²) in [6, 6.07) is 7.61. The van der Waals surface area contributed by atoms with E-state index in [-0.39, 0.29) is 17.7 Å². The zero-order chi connectivity index (χ0) is 14.1. The summed E-state index contributed by atoms with van der Waals surface area (Å²) < 4.78 is 0.882. The number of anilines is 1. The van der Waals surface area contributed by atoms with E-state index in [0.29, 0.717) is 18.9 Å². The van der Waals surface area contributed by atoms with Crippen molar-refractivity contribution in [1.82, 2.24) is 5.32 Å². The first-order chi connectivity index (χ1) is 9.65. The predicted octanol–water partition coefficient (Wildman–Crippen LogP) is 2.33. The summed E-state index contributed by atoms with van der Waals surface area (Å²) in [5, 5.41) is 2.96. The smallest absolute Gasteiger partial charge is 0.227 e. The van der Waals surface area contributed by atoms with Crippen LogP contribution in [0.5, 0.6) is 0 Å². The molecule has 1 unspecified atom stereocenters. The fraction of sp³-hybridized carbons (Fsp3) is 0.467. The van der Waals surface area contributed by atoms with Gasteiger partial charge in [0.25, 0.3) is 0 Å². The molecular formula is C15H17BrN2O2. The number of hydrogen-bond donors (Lipinski definition) is 1. The number of benzene rings is 1. The van der Waals surface area contributed by atoms with Crippen molar-refractivity contribution in [2.45, 2.75) is 19.3 Å². The van der Waals surface area contributed by atoms with Crippen LogP contribution in [0.3, 0.4) is 0 Å². The quantitative estimate of drug-likeness (QED) is 0.917. The van der Waals surface area contributed by atoms with Crippen LogP contribution in [0.2, 0.25) is 0 Å². The first kappa shape index (κ1) is 13.6. The number of rotatable bonds is 4. The van der Waals surface area contributed by atoms with E-state index in [0.717, 1.165) is 16.7 Å². The van der Waals surface area contributed by atoms with Crippen molar-refractivity contribution in [3.63, 3.8) is 0 Å². The van der Waals surface area contributed by atoms with Crippen molar-refractivity contribution in [3.8, 4) is 0 Å². The Kier molecular flexibility index (Phi) is 3.78. The molecule has 1 aliphatic carbocycles. The van der Waals surface area contributed by atoms with Crippen LogP contribution in [0, 0.1) is 11.8 Å². The van der Waals surface area contributed by atoms with E-state index in [4.69, 9.17) is 0 Å². The molecule has 2 aliphatic rings. The molecule has 2 fully saturated rings. The van der Waals surface area contributed by atoms with Crippen LogP contribution in [0.1, 0.15) is 19.3 Å². The Morgan fingerprint density at radius 2 is 2.10 bits per heavy atom. The number of hydrogen-bond acceptors (Lipinski definition) is 2. The topological polar surface area (TPSA) is 49.4 Å². The van der Waals surface area contributed by atoms with Gasteiger partial charge in [0.05, 0.1) is 11.6 Å². The van der Waals surface area contributed by atoms with Crippen molar-refractivity contribution in [1.29, 1.82) is 0 Å². The zero-order valence-electron chi connectivity index (χ0n) is 11.1. The summed E-state index contributed by atoms with van der Waals surface area (Å²) in [7, 11) is 0. The maximum atomic E-state index is 12.1. The maximum Gasteiger partial charge on any atom is 0.227 e. The molecule has 1 N–H and O–H groups in total. The Morgan fingerprint density at radius 1 is 1.35 bits per heavy atom. The summed E-state index contributed by atoms with van der Waals surface area (Å²) in [4.78, 5) is 25.9. The third kappa shape index (κ3) is 2.87. The highest BCUT2D eigenvalue weighted by molar-refractivity contribution is 9.10. The molecule has 1 aromatic rings. The van der Waals surface area contributed by atoms with Crippen LogP contribution in [-0.2, 0) is 9.59 Å². The van der Waals surface area contributed by atoms with Crippen LogP contribution >= 0.6 is 15.9 Å². The van der Waals surface area contributed by atoms with Gasteiger partial charge in [-0.25, -0.2) is 0 Å². The molecule has 4 nitrogen and oxygen atoms in total. The van der Waals surface area contributed by atoms with Crippen molar-refractivity contribution in [3.05, 3.63) is 28.7 Å². The molecule has 1 saturated heterocycles. The Balaban J connectivity index is 1.65. The maximum absolute atomic E-state index is 12.1. The van der Waals surface area contributed by atoms with Crippen LogP contribution in [0.4, 0.5) is 5.69 Å². The lowest BCUT2D eigenvalue weighted by molar-refractivity contribution is -0.126. The first-order valence-corrected chi connectivity index (χ1v) is 7.77. The highest BCUT2D eigenvalue weighted by Gasteiger charge is 2.36. The average Bonchev–Trinajstić information content (AvgIpc) is 3.19. The van der Waals surface area contributed by atoms with Crippen LogP contribution in [-0.4, -0.2) is 24.9 Å². The van der Waals surface area contributed by atoms with Gasteiger partial charge in [-0.15, -0.1) is 0 Å². The molecule has 3 rings (SSSR count). The Bertz CT molecular complexity index is 542. The second-order valence-electron chi connectivity index (χ2n) is 5.55. The highest BCUT2D eigenvalue weighted by atomic mass is 79.9. The molecule has 1 aliphatic heterocycles. The van der Waals surface area contributed by atoms with E-state index in [1.165, 1.54) is 12.8 Å². The molecule has 1 heterocycles. The molecule has 106 valence electrons. The van der Waals surface area contributed by atoms with E-state index in [1.54, 1.807) is 4.90 Å². The number of carbonyl (C=O) groups excluding carboxylic acids is 2. The average molecular weight is 337 g/mol. The van der Waals surface area contributed by atoms with Crippen molar-refractivity contribution < 1.29 is 9.59 Å². The van der Waals surface area contributed by atoms with Gasteiger partial charge in [0.2, 0.25) is 11.8 Å². The third-order valence-corrected chi connectivity index (χ3v) is 4.57. The predicted molar refractivity (Wildman–Crippen MR) is 80.3 cm³/mol. The van der Waals surface area contributed by atoms with E-state index in [9.17, 15) is 9.59 Å². The molecule has 1 aromatic carbocycles. The van der Waals surface area contributed by atoms with Gasteiger partial charge < -0.3 is 10.2 Å². The fourth-order valence-electron chi connectivity index (χ4n) is 2.50. The van der Waals surface area contributed by atoms with Crippen LogP contribution in [0.25, 0.3) is 0 Å². The molecule has 1 atom stereocenters. The number of carbonyl (C=O) groups is 2. The minimum atomic E-state index is -0.228. The normalized spacial score (nSPS) is 22.1. The second-order valence-corrected chi connectivity index (χ2v) is 6.40. The number of amides is 2. The van der Waals surface area contributed by atoms with Crippen LogP contribution in [0.15, 0.2) is 28.7 Å². The van der Waals surface area contributed by atoms with Crippen molar-refractivity contribution >= 4 is 33.4 Å². The monoisotopic (exact) mass is 336 g/mol. The van der Waals surface area contributed by atoms with Gasteiger partial charge >= 0.3 is 0 Å². The Morgan fingerprint density at radius 3 is 2.80 bits per heavy atom. The number of para-hydroxylation sites is 1. The summed E-state index contributed by atoms with van der Waals surface area (Å²) in [6.45, 7) is 1.23. The zero-order valence-corrected chi connectivity index (χ0v) is 12.7. The molecule has 0 radical (unpaired) electrons. The highest BCUT2D eigenvalue weighted by Crippen LogP contribution is 2.31. The summed E-state index contributed by atoms with van der Waals surface area (Å²) in [5.41, 5.74) is 0.843. The Hall–Kier alpha value is -1.36. The first-order valence-electron chi connectivity index (χ1n) is 6.98. The number of halogens is 1. The fourth-order valence-corrected chi connectivity index (χ4v) is 3.00. The molecule has 0 bridgehead atoms. The van der Waals surface area contributed by atoms with E-state index in [1.807, 2.05) is 24.3 Å². The number of nitrogens with zero attached hydrogens (tertiary/aromatic N) is 1. The molecule has 1 saturated carbocycles. The number of nitrogens with one attached hydrogen (secondary N) is 1. The van der Waals surface area contributed by atoms with Gasteiger partial charge in [0, 0.05) is 24.0 Å². The van der Waals surface area contributed by atoms with Crippen LogP contribution < -0.4 is 10.2 Å². The minimum absolute atomic E-state index is 0.0137. The molecule has 0 aromatic heterocycles. The summed E-state index contributed by atoms with van der Waals surface area (Å²) in [6.07, 6.45) is 2.73. The SMILES string of the molecule is O=C(NCC1CC1)C1CC(=O)N(c2ccccc2Br)C1. The second kappa shape index (κ2) is 5.56. The third-order valence-electron chi connectivity index (χ3n) is 3.90. The summed E-state index contributed by atoms with van der Waals surface area (Å²) in [5.74, 6) is 0.465.